The molecule has 4 nitrogen and oxygen atoms in total. The van der Waals surface area contributed by atoms with Gasteiger partial charge in [-0.05, 0) is 50.5 Å². The van der Waals surface area contributed by atoms with Crippen molar-refractivity contribution in [2.24, 2.45) is 0 Å². The standard InChI is InChI=1S/C16H17ClN4S3/c1-11-3-5-12(6-4-11)18-15-19-21(16(22)24-15)10-20(2)9-13-7-8-14(17)23-13/h3-8H,9-10H2,1-2H3,(H,18,19). The van der Waals surface area contributed by atoms with Gasteiger partial charge in [0.25, 0.3) is 0 Å². The summed E-state index contributed by atoms with van der Waals surface area (Å²) < 4.78 is 3.40. The molecule has 0 unspecified atom stereocenters. The van der Waals surface area contributed by atoms with Crippen LogP contribution in [0.4, 0.5) is 10.8 Å². The number of aromatic nitrogens is 2. The van der Waals surface area contributed by atoms with Gasteiger partial charge in [-0.1, -0.05) is 40.6 Å². The Balaban J connectivity index is 1.65. The molecule has 0 aliphatic heterocycles. The molecule has 3 rings (SSSR count). The summed E-state index contributed by atoms with van der Waals surface area (Å²) in [6, 6.07) is 12.2. The van der Waals surface area contributed by atoms with Crippen LogP contribution in [0, 0.1) is 10.9 Å². The fraction of sp³-hybridized carbons (Fsp3) is 0.250. The second-order valence-electron chi connectivity index (χ2n) is 5.53. The largest absolute Gasteiger partial charge is 0.330 e. The maximum atomic E-state index is 5.98. The van der Waals surface area contributed by atoms with E-state index in [0.717, 1.165) is 25.7 Å². The summed E-state index contributed by atoms with van der Waals surface area (Å²) in [7, 11) is 2.04. The van der Waals surface area contributed by atoms with Crippen LogP contribution in [0.25, 0.3) is 0 Å². The van der Waals surface area contributed by atoms with Gasteiger partial charge < -0.3 is 5.32 Å². The van der Waals surface area contributed by atoms with E-state index in [1.807, 2.05) is 36.0 Å². The Morgan fingerprint density at radius 3 is 2.62 bits per heavy atom. The molecule has 3 aromatic rings. The highest BCUT2D eigenvalue weighted by atomic mass is 35.5. The molecular formula is C16H17ClN4S3. The highest BCUT2D eigenvalue weighted by molar-refractivity contribution is 7.73. The summed E-state index contributed by atoms with van der Waals surface area (Å²) in [4.78, 5) is 3.38. The third-order valence-electron chi connectivity index (χ3n) is 3.34. The number of aryl methyl sites for hydroxylation is 1. The fourth-order valence-electron chi connectivity index (χ4n) is 2.19. The SMILES string of the molecule is Cc1ccc(Nc2nn(CN(C)Cc3ccc(Cl)s3)c(=S)s2)cc1. The van der Waals surface area contributed by atoms with Crippen molar-refractivity contribution >= 4 is 57.3 Å². The lowest BCUT2D eigenvalue weighted by atomic mass is 10.2. The fourth-order valence-corrected chi connectivity index (χ4v) is 4.37. The maximum Gasteiger partial charge on any atom is 0.209 e. The number of thiophene rings is 1. The van der Waals surface area contributed by atoms with Gasteiger partial charge in [-0.25, -0.2) is 4.68 Å². The Bertz CT molecular complexity index is 866. The summed E-state index contributed by atoms with van der Waals surface area (Å²) in [6.45, 7) is 3.52. The van der Waals surface area contributed by atoms with Gasteiger partial charge >= 0.3 is 0 Å². The van der Waals surface area contributed by atoms with Crippen LogP contribution in [0.15, 0.2) is 36.4 Å². The van der Waals surface area contributed by atoms with Crippen LogP contribution in [0.5, 0.6) is 0 Å². The molecule has 2 heterocycles. The number of benzene rings is 1. The quantitative estimate of drug-likeness (QED) is 0.555. The van der Waals surface area contributed by atoms with Crippen molar-refractivity contribution in [3.05, 3.63) is 55.1 Å². The molecule has 0 saturated heterocycles. The predicted octanol–water partition coefficient (Wildman–Crippen LogP) is 5.53. The minimum absolute atomic E-state index is 0.639. The highest BCUT2D eigenvalue weighted by Gasteiger charge is 2.08. The van der Waals surface area contributed by atoms with E-state index in [4.69, 9.17) is 23.8 Å². The zero-order valence-corrected chi connectivity index (χ0v) is 16.5. The Morgan fingerprint density at radius 2 is 1.96 bits per heavy atom. The van der Waals surface area contributed by atoms with Crippen LogP contribution >= 0.6 is 46.5 Å². The minimum atomic E-state index is 0.639. The first-order valence-electron chi connectivity index (χ1n) is 7.34. The van der Waals surface area contributed by atoms with Gasteiger partial charge in [-0.3, -0.25) is 4.90 Å². The van der Waals surface area contributed by atoms with E-state index in [2.05, 4.69) is 34.4 Å². The van der Waals surface area contributed by atoms with Crippen molar-refractivity contribution in [2.75, 3.05) is 12.4 Å². The van der Waals surface area contributed by atoms with Gasteiger partial charge in [-0.2, -0.15) is 0 Å². The third kappa shape index (κ3) is 4.64. The minimum Gasteiger partial charge on any atom is -0.330 e. The molecule has 8 heteroatoms. The van der Waals surface area contributed by atoms with Gasteiger partial charge in [0.1, 0.15) is 0 Å². The van der Waals surface area contributed by atoms with E-state index in [1.165, 1.54) is 21.8 Å². The van der Waals surface area contributed by atoms with E-state index in [0.29, 0.717) is 6.67 Å². The topological polar surface area (TPSA) is 33.1 Å². The van der Waals surface area contributed by atoms with Crippen LogP contribution in [0.2, 0.25) is 4.34 Å². The van der Waals surface area contributed by atoms with Crippen LogP contribution < -0.4 is 5.32 Å². The van der Waals surface area contributed by atoms with Crippen LogP contribution in [-0.4, -0.2) is 21.7 Å². The van der Waals surface area contributed by atoms with Crippen LogP contribution in [0.1, 0.15) is 10.4 Å². The molecule has 1 N–H and O–H groups in total. The monoisotopic (exact) mass is 396 g/mol. The Morgan fingerprint density at radius 1 is 1.21 bits per heavy atom. The number of hydrogen-bond acceptors (Lipinski definition) is 6. The predicted molar refractivity (Wildman–Crippen MR) is 106 cm³/mol. The first-order chi connectivity index (χ1) is 11.5. The first kappa shape index (κ1) is 17.6. The Hall–Kier alpha value is -1.25. The highest BCUT2D eigenvalue weighted by Crippen LogP contribution is 2.23. The van der Waals surface area contributed by atoms with Gasteiger partial charge in [0.15, 0.2) is 3.95 Å². The smallest absolute Gasteiger partial charge is 0.209 e. The summed E-state index contributed by atoms with van der Waals surface area (Å²) in [6.07, 6.45) is 0. The van der Waals surface area contributed by atoms with E-state index < -0.39 is 0 Å². The normalized spacial score (nSPS) is 11.2. The number of hydrogen-bond donors (Lipinski definition) is 1. The van der Waals surface area contributed by atoms with E-state index in [1.54, 1.807) is 11.3 Å². The first-order valence-corrected chi connectivity index (χ1v) is 9.76. The average molecular weight is 397 g/mol. The lowest BCUT2D eigenvalue weighted by Crippen LogP contribution is -2.22. The van der Waals surface area contributed by atoms with Crippen molar-refractivity contribution in [1.82, 2.24) is 14.7 Å². The lowest BCUT2D eigenvalue weighted by molar-refractivity contribution is 0.247. The van der Waals surface area contributed by atoms with Crippen molar-refractivity contribution in [3.8, 4) is 0 Å². The molecule has 0 atom stereocenters. The second-order valence-corrected chi connectivity index (χ2v) is 8.95. The molecule has 0 saturated carbocycles. The number of anilines is 2. The molecular weight excluding hydrogens is 380 g/mol. The third-order valence-corrected chi connectivity index (χ3v) is 5.78. The summed E-state index contributed by atoms with van der Waals surface area (Å²) in [5, 5.41) is 8.68. The van der Waals surface area contributed by atoms with Crippen LogP contribution in [0.3, 0.4) is 0 Å². The van der Waals surface area contributed by atoms with E-state index in [9.17, 15) is 0 Å². The average Bonchev–Trinajstić information content (AvgIpc) is 3.08. The summed E-state index contributed by atoms with van der Waals surface area (Å²) >= 11 is 14.5. The number of rotatable bonds is 6. The molecule has 1 aromatic carbocycles. The Labute approximate surface area is 159 Å². The Kier molecular flexibility index (Phi) is 5.68. The lowest BCUT2D eigenvalue weighted by Gasteiger charge is -2.15. The number of nitrogens with one attached hydrogen (secondary N) is 1. The van der Waals surface area contributed by atoms with Crippen molar-refractivity contribution in [3.63, 3.8) is 0 Å². The molecule has 0 radical (unpaired) electrons. The summed E-state index contributed by atoms with van der Waals surface area (Å²) in [5.41, 5.74) is 2.24. The van der Waals surface area contributed by atoms with Gasteiger partial charge in [0.05, 0.1) is 11.0 Å². The molecule has 0 amide bonds. The van der Waals surface area contributed by atoms with Crippen LogP contribution in [-0.2, 0) is 13.2 Å². The molecule has 24 heavy (non-hydrogen) atoms. The van der Waals surface area contributed by atoms with Gasteiger partial charge in [0, 0.05) is 17.1 Å². The van der Waals surface area contributed by atoms with Gasteiger partial charge in [-0.15, -0.1) is 16.4 Å². The molecule has 126 valence electrons. The summed E-state index contributed by atoms with van der Waals surface area (Å²) in [5.74, 6) is 0. The molecule has 0 aliphatic carbocycles. The zero-order chi connectivity index (χ0) is 17.1. The molecule has 0 aliphatic rings. The van der Waals surface area contributed by atoms with Crippen molar-refractivity contribution < 1.29 is 0 Å². The zero-order valence-electron chi connectivity index (χ0n) is 13.3. The molecule has 0 bridgehead atoms. The number of nitrogens with zero attached hydrogens (tertiary/aromatic N) is 3. The van der Waals surface area contributed by atoms with Crippen molar-refractivity contribution in [1.29, 1.82) is 0 Å². The van der Waals surface area contributed by atoms with E-state index >= 15 is 0 Å². The molecule has 2 aromatic heterocycles. The molecule has 0 fully saturated rings. The maximum absolute atomic E-state index is 5.98. The second kappa shape index (κ2) is 7.76. The van der Waals surface area contributed by atoms with Gasteiger partial charge in [0.2, 0.25) is 5.13 Å². The molecule has 0 spiro atoms. The van der Waals surface area contributed by atoms with E-state index in [-0.39, 0.29) is 0 Å². The van der Waals surface area contributed by atoms with Crippen molar-refractivity contribution in [2.45, 2.75) is 20.1 Å². The number of halogens is 1.